The molecule has 1 aromatic carbocycles. The van der Waals surface area contributed by atoms with Gasteiger partial charge in [0.05, 0.1) is 13.2 Å². The lowest BCUT2D eigenvalue weighted by Gasteiger charge is -2.24. The van der Waals surface area contributed by atoms with Gasteiger partial charge in [-0.05, 0) is 31.9 Å². The van der Waals surface area contributed by atoms with Gasteiger partial charge in [0.15, 0.2) is 0 Å². The Morgan fingerprint density at radius 2 is 2.35 bits per heavy atom. The molecule has 1 aliphatic heterocycles. The average Bonchev–Trinajstić information content (AvgIpc) is 3.01. The smallest absolute Gasteiger partial charge is 0.120 e. The summed E-state index contributed by atoms with van der Waals surface area (Å²) in [5, 5.41) is 3.56. The summed E-state index contributed by atoms with van der Waals surface area (Å²) in [6.45, 7) is 5.04. The van der Waals surface area contributed by atoms with Gasteiger partial charge < -0.3 is 19.7 Å². The summed E-state index contributed by atoms with van der Waals surface area (Å²) < 4.78 is 11.0. The van der Waals surface area contributed by atoms with E-state index in [4.69, 9.17) is 9.47 Å². The number of nitrogens with one attached hydrogen (secondary N) is 1. The fraction of sp³-hybridized carbons (Fsp3) is 0.625. The number of hydrogen-bond acceptors (Lipinski definition) is 4. The number of hydrogen-bond donors (Lipinski definition) is 1. The third-order valence-electron chi connectivity index (χ3n) is 3.93. The first-order chi connectivity index (χ1) is 9.70. The van der Waals surface area contributed by atoms with Crippen molar-refractivity contribution in [1.82, 2.24) is 5.32 Å². The minimum atomic E-state index is 0.386. The normalized spacial score (nSPS) is 19.9. The van der Waals surface area contributed by atoms with Gasteiger partial charge in [-0.3, -0.25) is 0 Å². The molecule has 2 rings (SSSR count). The van der Waals surface area contributed by atoms with Gasteiger partial charge >= 0.3 is 0 Å². The van der Waals surface area contributed by atoms with Gasteiger partial charge in [-0.1, -0.05) is 6.07 Å². The van der Waals surface area contributed by atoms with Crippen LogP contribution in [0.15, 0.2) is 24.3 Å². The lowest BCUT2D eigenvalue weighted by Crippen LogP contribution is -2.40. The molecule has 0 aromatic heterocycles. The van der Waals surface area contributed by atoms with E-state index in [0.717, 1.165) is 25.4 Å². The van der Waals surface area contributed by atoms with Crippen LogP contribution >= 0.6 is 0 Å². The van der Waals surface area contributed by atoms with E-state index in [-0.39, 0.29) is 0 Å². The van der Waals surface area contributed by atoms with Gasteiger partial charge in [0.2, 0.25) is 0 Å². The number of ether oxygens (including phenoxy) is 2. The zero-order valence-electron chi connectivity index (χ0n) is 12.8. The Hall–Kier alpha value is -1.26. The minimum Gasteiger partial charge on any atom is -0.497 e. The van der Waals surface area contributed by atoms with E-state index in [2.05, 4.69) is 36.3 Å². The summed E-state index contributed by atoms with van der Waals surface area (Å²) in [7, 11) is 3.80. The van der Waals surface area contributed by atoms with Crippen molar-refractivity contribution in [1.29, 1.82) is 0 Å². The van der Waals surface area contributed by atoms with E-state index in [9.17, 15) is 0 Å². The van der Waals surface area contributed by atoms with E-state index in [1.807, 2.05) is 12.1 Å². The number of anilines is 1. The summed E-state index contributed by atoms with van der Waals surface area (Å²) in [4.78, 5) is 2.23. The SMILES string of the molecule is COc1cccc(N(C)CCNC(C)C2CCCO2)c1. The molecule has 0 radical (unpaired) electrons. The van der Waals surface area contributed by atoms with Crippen LogP contribution in [0.1, 0.15) is 19.8 Å². The van der Waals surface area contributed by atoms with E-state index in [0.29, 0.717) is 12.1 Å². The second-order valence-corrected chi connectivity index (χ2v) is 5.42. The van der Waals surface area contributed by atoms with Gasteiger partial charge in [-0.25, -0.2) is 0 Å². The van der Waals surface area contributed by atoms with Crippen molar-refractivity contribution in [2.75, 3.05) is 38.8 Å². The second kappa shape index (κ2) is 7.50. The van der Waals surface area contributed by atoms with Crippen LogP contribution in [0.3, 0.4) is 0 Å². The number of methoxy groups -OCH3 is 1. The van der Waals surface area contributed by atoms with E-state index < -0.39 is 0 Å². The van der Waals surface area contributed by atoms with Crippen molar-refractivity contribution in [2.45, 2.75) is 31.9 Å². The number of benzene rings is 1. The topological polar surface area (TPSA) is 33.7 Å². The minimum absolute atomic E-state index is 0.386. The molecule has 2 unspecified atom stereocenters. The Morgan fingerprint density at radius 3 is 3.05 bits per heavy atom. The maximum absolute atomic E-state index is 5.69. The molecule has 2 atom stereocenters. The molecule has 0 saturated carbocycles. The molecular weight excluding hydrogens is 252 g/mol. The van der Waals surface area contributed by atoms with Crippen molar-refractivity contribution >= 4 is 5.69 Å². The molecule has 0 amide bonds. The molecule has 4 heteroatoms. The zero-order valence-corrected chi connectivity index (χ0v) is 12.8. The van der Waals surface area contributed by atoms with Gasteiger partial charge in [0.1, 0.15) is 5.75 Å². The zero-order chi connectivity index (χ0) is 14.4. The highest BCUT2D eigenvalue weighted by molar-refractivity contribution is 5.50. The summed E-state index contributed by atoms with van der Waals surface area (Å²) in [6.07, 6.45) is 2.76. The third kappa shape index (κ3) is 4.12. The molecular formula is C16H26N2O2. The van der Waals surface area contributed by atoms with Gasteiger partial charge in [0, 0.05) is 44.5 Å². The molecule has 1 saturated heterocycles. The van der Waals surface area contributed by atoms with E-state index in [1.54, 1.807) is 7.11 Å². The molecule has 1 N–H and O–H groups in total. The van der Waals surface area contributed by atoms with Crippen LogP contribution in [0.25, 0.3) is 0 Å². The standard InChI is InChI=1S/C16H26N2O2/c1-13(16-8-5-11-20-16)17-9-10-18(2)14-6-4-7-15(12-14)19-3/h4,6-7,12-13,16-17H,5,8-11H2,1-3H3. The highest BCUT2D eigenvalue weighted by Crippen LogP contribution is 2.19. The molecule has 20 heavy (non-hydrogen) atoms. The molecule has 1 aromatic rings. The predicted octanol–water partition coefficient (Wildman–Crippen LogP) is 2.29. The van der Waals surface area contributed by atoms with Crippen LogP contribution < -0.4 is 15.0 Å². The van der Waals surface area contributed by atoms with Crippen molar-refractivity contribution in [3.63, 3.8) is 0 Å². The monoisotopic (exact) mass is 278 g/mol. The number of likely N-dealkylation sites (N-methyl/N-ethyl adjacent to an activating group) is 1. The van der Waals surface area contributed by atoms with Crippen molar-refractivity contribution in [3.8, 4) is 5.75 Å². The lowest BCUT2D eigenvalue weighted by molar-refractivity contribution is 0.0841. The predicted molar refractivity (Wildman–Crippen MR) is 82.7 cm³/mol. The van der Waals surface area contributed by atoms with Crippen LogP contribution in [-0.4, -0.2) is 46.0 Å². The van der Waals surface area contributed by atoms with Crippen LogP contribution in [0.4, 0.5) is 5.69 Å². The number of nitrogens with zero attached hydrogens (tertiary/aromatic N) is 1. The Labute approximate surface area is 122 Å². The number of rotatable bonds is 7. The Bertz CT molecular complexity index is 405. The van der Waals surface area contributed by atoms with Crippen LogP contribution in [0, 0.1) is 0 Å². The molecule has 1 fully saturated rings. The van der Waals surface area contributed by atoms with Crippen molar-refractivity contribution in [3.05, 3.63) is 24.3 Å². The van der Waals surface area contributed by atoms with Gasteiger partial charge in [-0.15, -0.1) is 0 Å². The molecule has 1 heterocycles. The van der Waals surface area contributed by atoms with Gasteiger partial charge in [-0.2, -0.15) is 0 Å². The fourth-order valence-corrected chi connectivity index (χ4v) is 2.57. The Balaban J connectivity index is 1.75. The average molecular weight is 278 g/mol. The van der Waals surface area contributed by atoms with Crippen LogP contribution in [0.2, 0.25) is 0 Å². The largest absolute Gasteiger partial charge is 0.497 e. The first kappa shape index (κ1) is 15.1. The molecule has 112 valence electrons. The van der Waals surface area contributed by atoms with Crippen LogP contribution in [0.5, 0.6) is 5.75 Å². The maximum Gasteiger partial charge on any atom is 0.120 e. The highest BCUT2D eigenvalue weighted by Gasteiger charge is 2.21. The summed E-state index contributed by atoms with van der Waals surface area (Å²) in [5.41, 5.74) is 1.18. The van der Waals surface area contributed by atoms with Gasteiger partial charge in [0.25, 0.3) is 0 Å². The second-order valence-electron chi connectivity index (χ2n) is 5.42. The summed E-state index contributed by atoms with van der Waals surface area (Å²) in [6, 6.07) is 8.58. The maximum atomic E-state index is 5.69. The summed E-state index contributed by atoms with van der Waals surface area (Å²) >= 11 is 0. The Kier molecular flexibility index (Phi) is 5.68. The first-order valence-electron chi connectivity index (χ1n) is 7.41. The highest BCUT2D eigenvalue weighted by atomic mass is 16.5. The third-order valence-corrected chi connectivity index (χ3v) is 3.93. The van der Waals surface area contributed by atoms with E-state index >= 15 is 0 Å². The van der Waals surface area contributed by atoms with Crippen molar-refractivity contribution in [2.24, 2.45) is 0 Å². The molecule has 0 bridgehead atoms. The van der Waals surface area contributed by atoms with Crippen LogP contribution in [-0.2, 0) is 4.74 Å². The molecule has 1 aliphatic rings. The first-order valence-corrected chi connectivity index (χ1v) is 7.41. The quantitative estimate of drug-likeness (QED) is 0.830. The van der Waals surface area contributed by atoms with E-state index in [1.165, 1.54) is 18.5 Å². The molecule has 4 nitrogen and oxygen atoms in total. The summed E-state index contributed by atoms with van der Waals surface area (Å²) in [5.74, 6) is 0.898. The molecule has 0 spiro atoms. The lowest BCUT2D eigenvalue weighted by atomic mass is 10.1. The molecule has 0 aliphatic carbocycles. The Morgan fingerprint density at radius 1 is 1.50 bits per heavy atom. The van der Waals surface area contributed by atoms with Crippen molar-refractivity contribution < 1.29 is 9.47 Å². The fourth-order valence-electron chi connectivity index (χ4n) is 2.57.